The molecule has 2 heterocycles. The summed E-state index contributed by atoms with van der Waals surface area (Å²) in [5.74, 6) is 1.32. The molecule has 0 saturated heterocycles. The van der Waals surface area contributed by atoms with Crippen LogP contribution in [0.2, 0.25) is 0 Å². The molecule has 0 saturated carbocycles. The Kier molecular flexibility index (Phi) is 4.73. The highest BCUT2D eigenvalue weighted by atomic mass is 16.7. The lowest BCUT2D eigenvalue weighted by Crippen LogP contribution is -2.33. The van der Waals surface area contributed by atoms with Crippen LogP contribution in [0.15, 0.2) is 42.7 Å². The molecule has 1 aliphatic rings. The molecule has 0 spiro atoms. The standard InChI is InChI=1S/C17H18N2O4/c1-21-11-16(20)19(9-13-4-3-7-18-8-13)10-14-5-2-6-15-17(14)23-12-22-15/h2-8H,9-12H2,1H3. The van der Waals surface area contributed by atoms with Gasteiger partial charge >= 0.3 is 0 Å². The van der Waals surface area contributed by atoms with Crippen LogP contribution in [0.4, 0.5) is 0 Å². The number of methoxy groups -OCH3 is 1. The number of amides is 1. The van der Waals surface area contributed by atoms with Crippen molar-refractivity contribution >= 4 is 5.91 Å². The molecule has 6 nitrogen and oxygen atoms in total. The molecule has 2 aromatic rings. The van der Waals surface area contributed by atoms with E-state index in [-0.39, 0.29) is 19.3 Å². The topological polar surface area (TPSA) is 60.9 Å². The minimum atomic E-state index is -0.0899. The third-order valence-corrected chi connectivity index (χ3v) is 3.56. The van der Waals surface area contributed by atoms with Crippen LogP contribution in [0, 0.1) is 0 Å². The fourth-order valence-electron chi connectivity index (χ4n) is 2.48. The highest BCUT2D eigenvalue weighted by molar-refractivity contribution is 5.77. The summed E-state index contributed by atoms with van der Waals surface area (Å²) >= 11 is 0. The van der Waals surface area contributed by atoms with Crippen LogP contribution in [-0.4, -0.2) is 36.3 Å². The first-order chi connectivity index (χ1) is 11.3. The maximum absolute atomic E-state index is 12.4. The molecule has 0 N–H and O–H groups in total. The van der Waals surface area contributed by atoms with Crippen molar-refractivity contribution in [1.29, 1.82) is 0 Å². The molecule has 23 heavy (non-hydrogen) atoms. The van der Waals surface area contributed by atoms with Gasteiger partial charge in [-0.15, -0.1) is 0 Å². The van der Waals surface area contributed by atoms with E-state index in [0.29, 0.717) is 24.6 Å². The Morgan fingerprint density at radius 1 is 1.26 bits per heavy atom. The Balaban J connectivity index is 1.81. The maximum Gasteiger partial charge on any atom is 0.249 e. The third-order valence-electron chi connectivity index (χ3n) is 3.56. The van der Waals surface area contributed by atoms with Crippen molar-refractivity contribution in [1.82, 2.24) is 9.88 Å². The van der Waals surface area contributed by atoms with Gasteiger partial charge in [0.1, 0.15) is 6.61 Å². The van der Waals surface area contributed by atoms with Crippen molar-refractivity contribution < 1.29 is 19.0 Å². The zero-order valence-corrected chi connectivity index (χ0v) is 12.9. The van der Waals surface area contributed by atoms with E-state index in [1.807, 2.05) is 30.3 Å². The summed E-state index contributed by atoms with van der Waals surface area (Å²) < 4.78 is 15.9. The highest BCUT2D eigenvalue weighted by Crippen LogP contribution is 2.36. The number of aromatic nitrogens is 1. The van der Waals surface area contributed by atoms with Crippen LogP contribution in [-0.2, 0) is 22.6 Å². The summed E-state index contributed by atoms with van der Waals surface area (Å²) in [5, 5.41) is 0. The molecule has 0 fully saturated rings. The molecule has 0 unspecified atom stereocenters. The molecule has 1 aliphatic heterocycles. The van der Waals surface area contributed by atoms with E-state index < -0.39 is 0 Å². The third kappa shape index (κ3) is 3.60. The zero-order chi connectivity index (χ0) is 16.1. The Hall–Kier alpha value is -2.60. The predicted octanol–water partition coefficient (Wildman–Crippen LogP) is 1.99. The lowest BCUT2D eigenvalue weighted by atomic mass is 10.1. The van der Waals surface area contributed by atoms with Crippen molar-refractivity contribution in [3.05, 3.63) is 53.9 Å². The summed E-state index contributed by atoms with van der Waals surface area (Å²) in [7, 11) is 1.51. The molecule has 0 aliphatic carbocycles. The van der Waals surface area contributed by atoms with E-state index in [0.717, 1.165) is 11.1 Å². The largest absolute Gasteiger partial charge is 0.454 e. The number of para-hydroxylation sites is 1. The summed E-state index contributed by atoms with van der Waals surface area (Å²) in [4.78, 5) is 18.2. The number of hydrogen-bond donors (Lipinski definition) is 0. The molecule has 0 atom stereocenters. The van der Waals surface area contributed by atoms with E-state index in [4.69, 9.17) is 14.2 Å². The molecule has 0 bridgehead atoms. The van der Waals surface area contributed by atoms with Crippen LogP contribution in [0.3, 0.4) is 0 Å². The molecular formula is C17H18N2O4. The van der Waals surface area contributed by atoms with Crippen LogP contribution in [0.25, 0.3) is 0 Å². The van der Waals surface area contributed by atoms with Crippen molar-refractivity contribution in [2.45, 2.75) is 13.1 Å². The number of ether oxygens (including phenoxy) is 3. The number of nitrogens with zero attached hydrogens (tertiary/aromatic N) is 2. The first kappa shape index (κ1) is 15.3. The van der Waals surface area contributed by atoms with Gasteiger partial charge in [0.15, 0.2) is 11.5 Å². The van der Waals surface area contributed by atoms with Crippen LogP contribution in [0.5, 0.6) is 11.5 Å². The summed E-state index contributed by atoms with van der Waals surface area (Å²) in [5.41, 5.74) is 1.87. The van der Waals surface area contributed by atoms with Crippen molar-refractivity contribution in [3.63, 3.8) is 0 Å². The van der Waals surface area contributed by atoms with Gasteiger partial charge in [0.25, 0.3) is 0 Å². The van der Waals surface area contributed by atoms with Gasteiger partial charge in [-0.3, -0.25) is 9.78 Å². The molecule has 0 radical (unpaired) electrons. The Morgan fingerprint density at radius 2 is 2.17 bits per heavy atom. The number of carbonyl (C=O) groups excluding carboxylic acids is 1. The van der Waals surface area contributed by atoms with Gasteiger partial charge in [-0.1, -0.05) is 18.2 Å². The molecule has 3 rings (SSSR count). The quantitative estimate of drug-likeness (QED) is 0.816. The Bertz CT molecular complexity index is 676. The fourth-order valence-corrected chi connectivity index (χ4v) is 2.48. The average Bonchev–Trinajstić information content (AvgIpc) is 3.05. The minimum Gasteiger partial charge on any atom is -0.454 e. The van der Waals surface area contributed by atoms with Gasteiger partial charge in [0, 0.05) is 38.2 Å². The van der Waals surface area contributed by atoms with Crippen LogP contribution >= 0.6 is 0 Å². The van der Waals surface area contributed by atoms with Crippen LogP contribution in [0.1, 0.15) is 11.1 Å². The number of fused-ring (bicyclic) bond motifs is 1. The summed E-state index contributed by atoms with van der Waals surface area (Å²) in [6, 6.07) is 9.48. The lowest BCUT2D eigenvalue weighted by Gasteiger charge is -2.23. The summed E-state index contributed by atoms with van der Waals surface area (Å²) in [6.07, 6.45) is 3.46. The first-order valence-electron chi connectivity index (χ1n) is 7.31. The summed E-state index contributed by atoms with van der Waals surface area (Å²) in [6.45, 7) is 1.12. The molecule has 1 aromatic carbocycles. The van der Waals surface area contributed by atoms with E-state index in [9.17, 15) is 4.79 Å². The number of benzene rings is 1. The predicted molar refractivity (Wildman–Crippen MR) is 82.9 cm³/mol. The SMILES string of the molecule is COCC(=O)N(Cc1cccnc1)Cc1cccc2c1OCO2. The van der Waals surface area contributed by atoms with Gasteiger partial charge in [0.2, 0.25) is 12.7 Å². The van der Waals surface area contributed by atoms with Crippen molar-refractivity contribution in [3.8, 4) is 11.5 Å². The Labute approximate surface area is 134 Å². The number of hydrogen-bond acceptors (Lipinski definition) is 5. The highest BCUT2D eigenvalue weighted by Gasteiger charge is 2.21. The van der Waals surface area contributed by atoms with Gasteiger partial charge in [0.05, 0.1) is 0 Å². The normalized spacial score (nSPS) is 12.2. The van der Waals surface area contributed by atoms with Crippen molar-refractivity contribution in [2.75, 3.05) is 20.5 Å². The second kappa shape index (κ2) is 7.11. The monoisotopic (exact) mass is 314 g/mol. The van der Waals surface area contributed by atoms with E-state index >= 15 is 0 Å². The van der Waals surface area contributed by atoms with Gasteiger partial charge in [-0.25, -0.2) is 0 Å². The second-order valence-corrected chi connectivity index (χ2v) is 5.20. The minimum absolute atomic E-state index is 0.0344. The van der Waals surface area contributed by atoms with Gasteiger partial charge in [-0.2, -0.15) is 0 Å². The number of pyridine rings is 1. The number of rotatable bonds is 6. The average molecular weight is 314 g/mol. The molecule has 6 heteroatoms. The Morgan fingerprint density at radius 3 is 2.96 bits per heavy atom. The molecular weight excluding hydrogens is 296 g/mol. The van der Waals surface area contributed by atoms with E-state index in [2.05, 4.69) is 4.98 Å². The first-order valence-corrected chi connectivity index (χ1v) is 7.31. The fraction of sp³-hybridized carbons (Fsp3) is 0.294. The molecule has 120 valence electrons. The van der Waals surface area contributed by atoms with Crippen LogP contribution < -0.4 is 9.47 Å². The van der Waals surface area contributed by atoms with Gasteiger partial charge < -0.3 is 19.1 Å². The second-order valence-electron chi connectivity index (χ2n) is 5.20. The zero-order valence-electron chi connectivity index (χ0n) is 12.9. The molecule has 1 amide bonds. The number of carbonyl (C=O) groups is 1. The van der Waals surface area contributed by atoms with E-state index in [1.165, 1.54) is 7.11 Å². The lowest BCUT2D eigenvalue weighted by molar-refractivity contribution is -0.136. The molecule has 1 aromatic heterocycles. The van der Waals surface area contributed by atoms with E-state index in [1.54, 1.807) is 17.3 Å². The van der Waals surface area contributed by atoms with Crippen molar-refractivity contribution in [2.24, 2.45) is 0 Å². The van der Waals surface area contributed by atoms with Gasteiger partial charge in [-0.05, 0) is 17.7 Å². The smallest absolute Gasteiger partial charge is 0.249 e. The maximum atomic E-state index is 12.4.